The summed E-state index contributed by atoms with van der Waals surface area (Å²) in [6.45, 7) is 13.5. The Morgan fingerprint density at radius 1 is 1.03 bits per heavy atom. The van der Waals surface area contributed by atoms with E-state index in [1.54, 1.807) is 6.07 Å². The summed E-state index contributed by atoms with van der Waals surface area (Å²) in [6.07, 6.45) is 4.37. The second kappa shape index (κ2) is 7.54. The zero-order chi connectivity index (χ0) is 24.4. The number of aromatic nitrogens is 1. The van der Waals surface area contributed by atoms with E-state index in [2.05, 4.69) is 4.85 Å². The van der Waals surface area contributed by atoms with Crippen LogP contribution in [0.3, 0.4) is 0 Å². The molecule has 0 spiro atoms. The van der Waals surface area contributed by atoms with Crippen LogP contribution < -0.4 is 4.57 Å². The van der Waals surface area contributed by atoms with E-state index in [1.807, 2.05) is 50.6 Å². The van der Waals surface area contributed by atoms with E-state index >= 15 is 0 Å². The third-order valence-corrected chi connectivity index (χ3v) is 6.74. The van der Waals surface area contributed by atoms with Gasteiger partial charge in [0, 0.05) is 31.2 Å². The topological polar surface area (TPSA) is 21.4 Å². The molecule has 0 atom stereocenters. The molecule has 4 aromatic rings. The Bertz CT molecular complexity index is 1520. The molecule has 0 unspecified atom stereocenters. The number of fused-ring (bicyclic) bond motifs is 3. The minimum Gasteiger partial charge on any atom is -0.466 e. The average Bonchev–Trinajstić information content (AvgIpc) is 3.20. The Labute approximate surface area is 188 Å². The van der Waals surface area contributed by atoms with E-state index in [0.717, 1.165) is 52.4 Å². The summed E-state index contributed by atoms with van der Waals surface area (Å²) in [7, 11) is 1.89. The summed E-state index contributed by atoms with van der Waals surface area (Å²) in [6, 6.07) is 8.35. The number of aryl methyl sites for hydroxylation is 2. The Hall–Kier alpha value is -3.12. The number of furan rings is 1. The lowest BCUT2D eigenvalue weighted by Gasteiger charge is -2.22. The molecule has 0 N–H and O–H groups in total. The van der Waals surface area contributed by atoms with E-state index in [9.17, 15) is 2.74 Å². The first-order valence-corrected chi connectivity index (χ1v) is 11.0. The lowest BCUT2D eigenvalue weighted by Crippen LogP contribution is -2.35. The van der Waals surface area contributed by atoms with Gasteiger partial charge in [0.1, 0.15) is 18.2 Å². The van der Waals surface area contributed by atoms with Gasteiger partial charge in [-0.15, -0.1) is 0 Å². The molecule has 3 nitrogen and oxygen atoms in total. The SMILES string of the molecule is [2H]c1c(C2([2H])CCCCC2)c([2H])c(-c2c(C)ccc3c2oc2c([N+]#[C-])ccc(C)c23)[n+](C)c1C. The standard InChI is InChI=1S/C28H29N2O/c1-17-12-14-23(29-4)28-25(17)22-13-11-18(2)26(27(22)31-28)24-16-21(15-19(3)30(24)5)20-9-7-6-8-10-20/h11-16,20H,6-10H2,1-3,5H3/q+1/i15D,16D,20D. The molecule has 5 rings (SSSR count). The normalized spacial score (nSPS) is 17.3. The lowest BCUT2D eigenvalue weighted by atomic mass is 9.83. The van der Waals surface area contributed by atoms with Crippen LogP contribution in [0, 0.1) is 27.3 Å². The molecule has 0 radical (unpaired) electrons. The summed E-state index contributed by atoms with van der Waals surface area (Å²) in [5.74, 6) is -0.913. The Kier molecular flexibility index (Phi) is 4.02. The highest BCUT2D eigenvalue weighted by Crippen LogP contribution is 2.42. The van der Waals surface area contributed by atoms with Crippen LogP contribution in [0.15, 0.2) is 40.8 Å². The number of nitrogens with zero attached hydrogens (tertiary/aromatic N) is 2. The molecule has 2 aromatic heterocycles. The van der Waals surface area contributed by atoms with Crippen molar-refractivity contribution in [3.63, 3.8) is 0 Å². The number of hydrogen-bond acceptors (Lipinski definition) is 1. The van der Waals surface area contributed by atoms with Gasteiger partial charge in [-0.2, -0.15) is 4.57 Å². The van der Waals surface area contributed by atoms with Crippen molar-refractivity contribution in [2.45, 2.75) is 58.8 Å². The van der Waals surface area contributed by atoms with Crippen molar-refractivity contribution >= 4 is 27.6 Å². The molecule has 2 aromatic carbocycles. The zero-order valence-corrected chi connectivity index (χ0v) is 18.6. The second-order valence-corrected chi connectivity index (χ2v) is 8.74. The molecule has 0 aliphatic heterocycles. The molecular formula is C28H29N2O+. The van der Waals surface area contributed by atoms with Gasteiger partial charge in [-0.1, -0.05) is 43.5 Å². The summed E-state index contributed by atoms with van der Waals surface area (Å²) in [5.41, 5.74) is 6.45. The van der Waals surface area contributed by atoms with Crippen molar-refractivity contribution in [1.82, 2.24) is 0 Å². The van der Waals surface area contributed by atoms with Crippen LogP contribution in [-0.2, 0) is 7.05 Å². The average molecular weight is 413 g/mol. The predicted molar refractivity (Wildman–Crippen MR) is 127 cm³/mol. The minimum atomic E-state index is -0.913. The van der Waals surface area contributed by atoms with Crippen LogP contribution in [0.4, 0.5) is 5.69 Å². The van der Waals surface area contributed by atoms with Gasteiger partial charge in [0.05, 0.1) is 14.9 Å². The molecule has 1 saturated carbocycles. The third kappa shape index (κ3) is 3.13. The Balaban J connectivity index is 1.92. The number of pyridine rings is 1. The smallest absolute Gasteiger partial charge is 0.229 e. The lowest BCUT2D eigenvalue weighted by molar-refractivity contribution is -0.666. The Morgan fingerprint density at radius 2 is 1.77 bits per heavy atom. The van der Waals surface area contributed by atoms with E-state index in [1.165, 1.54) is 0 Å². The first kappa shape index (κ1) is 16.6. The van der Waals surface area contributed by atoms with E-state index in [4.69, 9.17) is 12.4 Å². The summed E-state index contributed by atoms with van der Waals surface area (Å²) in [5, 5.41) is 1.85. The fourth-order valence-electron chi connectivity index (χ4n) is 4.88. The van der Waals surface area contributed by atoms with Crippen LogP contribution in [0.1, 0.15) is 64.5 Å². The zero-order valence-electron chi connectivity index (χ0n) is 21.6. The molecule has 0 bridgehead atoms. The molecule has 1 aliphatic rings. The van der Waals surface area contributed by atoms with Gasteiger partial charge < -0.3 is 4.42 Å². The largest absolute Gasteiger partial charge is 0.466 e. The molecule has 0 saturated heterocycles. The molecule has 0 amide bonds. The summed E-state index contributed by atoms with van der Waals surface area (Å²) < 4.78 is 35.7. The number of hydrogen-bond donors (Lipinski definition) is 0. The van der Waals surface area contributed by atoms with Gasteiger partial charge in [0.25, 0.3) is 0 Å². The minimum absolute atomic E-state index is 0.244. The van der Waals surface area contributed by atoms with Crippen LogP contribution in [0.5, 0.6) is 0 Å². The predicted octanol–water partition coefficient (Wildman–Crippen LogP) is 7.60. The molecule has 1 aliphatic carbocycles. The third-order valence-electron chi connectivity index (χ3n) is 6.74. The van der Waals surface area contributed by atoms with Gasteiger partial charge in [-0.05, 0) is 49.3 Å². The first-order valence-electron chi connectivity index (χ1n) is 12.5. The van der Waals surface area contributed by atoms with Crippen LogP contribution in [0.25, 0.3) is 38.0 Å². The van der Waals surface area contributed by atoms with Crippen molar-refractivity contribution in [2.24, 2.45) is 7.05 Å². The van der Waals surface area contributed by atoms with Crippen molar-refractivity contribution in [1.29, 1.82) is 0 Å². The highest BCUT2D eigenvalue weighted by atomic mass is 16.3. The van der Waals surface area contributed by atoms with Gasteiger partial charge >= 0.3 is 0 Å². The maximum Gasteiger partial charge on any atom is 0.229 e. The Morgan fingerprint density at radius 3 is 2.52 bits per heavy atom. The summed E-state index contributed by atoms with van der Waals surface area (Å²) in [4.78, 5) is 3.67. The molecule has 31 heavy (non-hydrogen) atoms. The molecule has 1 fully saturated rings. The second-order valence-electron chi connectivity index (χ2n) is 8.74. The van der Waals surface area contributed by atoms with E-state index in [-0.39, 0.29) is 6.04 Å². The summed E-state index contributed by atoms with van der Waals surface area (Å²) >= 11 is 0. The van der Waals surface area contributed by atoms with Crippen molar-refractivity contribution in [3.8, 4) is 11.3 Å². The van der Waals surface area contributed by atoms with E-state index in [0.29, 0.717) is 47.0 Å². The maximum atomic E-state index is 9.30. The van der Waals surface area contributed by atoms with E-state index < -0.39 is 5.89 Å². The highest BCUT2D eigenvalue weighted by Gasteiger charge is 2.26. The molecule has 156 valence electrons. The number of rotatable bonds is 2. The highest BCUT2D eigenvalue weighted by molar-refractivity contribution is 6.14. The van der Waals surface area contributed by atoms with Gasteiger partial charge in [0.15, 0.2) is 5.69 Å². The molecule has 2 heterocycles. The van der Waals surface area contributed by atoms with Crippen LogP contribution in [-0.4, -0.2) is 0 Å². The van der Waals surface area contributed by atoms with Crippen molar-refractivity contribution < 1.29 is 13.1 Å². The van der Waals surface area contributed by atoms with Gasteiger partial charge in [-0.25, -0.2) is 4.85 Å². The van der Waals surface area contributed by atoms with Gasteiger partial charge in [-0.3, -0.25) is 0 Å². The first-order chi connectivity index (χ1) is 16.2. The van der Waals surface area contributed by atoms with Crippen LogP contribution in [0.2, 0.25) is 0 Å². The number of benzene rings is 2. The van der Waals surface area contributed by atoms with Crippen molar-refractivity contribution in [3.05, 3.63) is 70.2 Å². The maximum absolute atomic E-state index is 9.30. The van der Waals surface area contributed by atoms with Gasteiger partial charge in [0.2, 0.25) is 11.4 Å². The monoisotopic (exact) mass is 412 g/mol. The van der Waals surface area contributed by atoms with Crippen molar-refractivity contribution in [2.75, 3.05) is 0 Å². The quantitative estimate of drug-likeness (QED) is 0.245. The van der Waals surface area contributed by atoms with Crippen LogP contribution >= 0.6 is 0 Å². The fourth-order valence-corrected chi connectivity index (χ4v) is 4.88. The molecular weight excluding hydrogens is 380 g/mol. The fraction of sp³-hybridized carbons (Fsp3) is 0.357. The molecule has 3 heteroatoms.